The zero-order chi connectivity index (χ0) is 15.5. The van der Waals surface area contributed by atoms with Crippen molar-refractivity contribution in [2.24, 2.45) is 5.73 Å². The van der Waals surface area contributed by atoms with Crippen LogP contribution in [0.3, 0.4) is 0 Å². The summed E-state index contributed by atoms with van der Waals surface area (Å²) in [6, 6.07) is 10.5. The van der Waals surface area contributed by atoms with Crippen LogP contribution in [-0.2, 0) is 6.42 Å². The lowest BCUT2D eigenvalue weighted by Gasteiger charge is -2.31. The van der Waals surface area contributed by atoms with E-state index in [2.05, 4.69) is 5.32 Å². The fourth-order valence-electron chi connectivity index (χ4n) is 2.19. The number of halogens is 3. The van der Waals surface area contributed by atoms with Gasteiger partial charge in [-0.15, -0.1) is 0 Å². The molecule has 0 heterocycles. The van der Waals surface area contributed by atoms with Gasteiger partial charge in [-0.3, -0.25) is 0 Å². The number of hydrogen-bond acceptors (Lipinski definition) is 2. The van der Waals surface area contributed by atoms with Gasteiger partial charge in [-0.25, -0.2) is 8.78 Å². The molecule has 0 saturated heterocycles. The summed E-state index contributed by atoms with van der Waals surface area (Å²) in [6.45, 7) is 2.26. The van der Waals surface area contributed by atoms with Gasteiger partial charge in [0, 0.05) is 17.3 Å². The van der Waals surface area contributed by atoms with Gasteiger partial charge in [0.15, 0.2) is 0 Å². The normalized spacial score (nSPS) is 13.8. The Morgan fingerprint density at radius 2 is 1.76 bits per heavy atom. The molecule has 5 heteroatoms. The van der Waals surface area contributed by atoms with Crippen molar-refractivity contribution < 1.29 is 8.78 Å². The second kappa shape index (κ2) is 6.41. The summed E-state index contributed by atoms with van der Waals surface area (Å²) >= 11 is 5.85. The van der Waals surface area contributed by atoms with Crippen LogP contribution < -0.4 is 11.1 Å². The Morgan fingerprint density at radius 3 is 2.33 bits per heavy atom. The van der Waals surface area contributed by atoms with Crippen LogP contribution in [0.25, 0.3) is 0 Å². The Kier molecular flexibility index (Phi) is 4.80. The van der Waals surface area contributed by atoms with Gasteiger partial charge in [0.05, 0.1) is 5.54 Å². The minimum atomic E-state index is -0.491. The van der Waals surface area contributed by atoms with Crippen LogP contribution in [0.4, 0.5) is 14.5 Å². The molecule has 0 aliphatic carbocycles. The lowest BCUT2D eigenvalue weighted by Crippen LogP contribution is -2.44. The molecule has 21 heavy (non-hydrogen) atoms. The molecule has 0 saturated carbocycles. The van der Waals surface area contributed by atoms with Crippen molar-refractivity contribution >= 4 is 17.3 Å². The Morgan fingerprint density at radius 1 is 1.10 bits per heavy atom. The average molecular weight is 311 g/mol. The molecule has 0 bridgehead atoms. The van der Waals surface area contributed by atoms with Crippen molar-refractivity contribution in [2.75, 3.05) is 11.9 Å². The van der Waals surface area contributed by atoms with E-state index in [1.165, 1.54) is 24.3 Å². The minimum Gasteiger partial charge on any atom is -0.378 e. The molecular formula is C16H17ClF2N2. The van der Waals surface area contributed by atoms with E-state index in [9.17, 15) is 8.78 Å². The highest BCUT2D eigenvalue weighted by atomic mass is 35.5. The third-order valence-corrected chi connectivity index (χ3v) is 3.48. The zero-order valence-corrected chi connectivity index (χ0v) is 12.4. The molecule has 3 N–H and O–H groups in total. The predicted molar refractivity (Wildman–Crippen MR) is 82.6 cm³/mol. The average Bonchev–Trinajstić information content (AvgIpc) is 2.40. The first kappa shape index (κ1) is 15.7. The van der Waals surface area contributed by atoms with E-state index in [4.69, 9.17) is 17.3 Å². The number of anilines is 1. The van der Waals surface area contributed by atoms with Crippen molar-refractivity contribution in [1.82, 2.24) is 0 Å². The van der Waals surface area contributed by atoms with Crippen LogP contribution in [0.2, 0.25) is 5.02 Å². The molecule has 1 unspecified atom stereocenters. The van der Waals surface area contributed by atoms with Crippen molar-refractivity contribution in [1.29, 1.82) is 0 Å². The largest absolute Gasteiger partial charge is 0.378 e. The first-order chi connectivity index (χ1) is 9.90. The Labute approximate surface area is 127 Å². The maximum atomic E-state index is 13.4. The highest BCUT2D eigenvalue weighted by Crippen LogP contribution is 2.23. The van der Waals surface area contributed by atoms with Crippen LogP contribution in [-0.4, -0.2) is 12.1 Å². The third kappa shape index (κ3) is 4.41. The molecule has 2 nitrogen and oxygen atoms in total. The molecule has 2 rings (SSSR count). The summed E-state index contributed by atoms with van der Waals surface area (Å²) in [5.41, 5.74) is 6.86. The van der Waals surface area contributed by atoms with Gasteiger partial charge in [-0.05, 0) is 49.2 Å². The van der Waals surface area contributed by atoms with E-state index < -0.39 is 11.4 Å². The quantitative estimate of drug-likeness (QED) is 0.876. The topological polar surface area (TPSA) is 38.0 Å². The van der Waals surface area contributed by atoms with E-state index in [1.54, 1.807) is 18.2 Å². The van der Waals surface area contributed by atoms with Gasteiger partial charge in [0.1, 0.15) is 11.6 Å². The molecule has 0 aromatic heterocycles. The molecule has 0 aliphatic heterocycles. The summed E-state index contributed by atoms with van der Waals surface area (Å²) < 4.78 is 26.3. The van der Waals surface area contributed by atoms with Crippen LogP contribution in [0, 0.1) is 11.6 Å². The summed E-state index contributed by atoms with van der Waals surface area (Å²) in [5, 5.41) is 3.52. The lowest BCUT2D eigenvalue weighted by atomic mass is 9.92. The molecule has 0 amide bonds. The predicted octanol–water partition coefficient (Wildman–Crippen LogP) is 3.99. The standard InChI is InChI=1S/C16H17ClF2N2/c1-16(10-20,9-11-2-4-13(18)5-3-11)21-15-7-12(17)6-14(19)8-15/h2-8,21H,9-10,20H2,1H3. The van der Waals surface area contributed by atoms with Crippen molar-refractivity contribution in [3.63, 3.8) is 0 Å². The number of hydrogen-bond donors (Lipinski definition) is 2. The minimum absolute atomic E-state index is 0.280. The van der Waals surface area contributed by atoms with E-state index in [1.807, 2.05) is 6.92 Å². The molecule has 112 valence electrons. The van der Waals surface area contributed by atoms with Crippen LogP contribution in [0.1, 0.15) is 12.5 Å². The zero-order valence-electron chi connectivity index (χ0n) is 11.7. The van der Waals surface area contributed by atoms with Gasteiger partial charge in [-0.2, -0.15) is 0 Å². The molecule has 2 aromatic carbocycles. The van der Waals surface area contributed by atoms with E-state index >= 15 is 0 Å². The third-order valence-electron chi connectivity index (χ3n) is 3.27. The maximum Gasteiger partial charge on any atom is 0.126 e. The van der Waals surface area contributed by atoms with Crippen LogP contribution in [0.15, 0.2) is 42.5 Å². The number of nitrogens with two attached hydrogens (primary N) is 1. The molecule has 0 radical (unpaired) electrons. The molecule has 0 fully saturated rings. The van der Waals surface area contributed by atoms with Crippen LogP contribution in [0.5, 0.6) is 0 Å². The summed E-state index contributed by atoms with van der Waals surface area (Å²) in [4.78, 5) is 0. The second-order valence-corrected chi connectivity index (χ2v) is 5.79. The number of rotatable bonds is 5. The van der Waals surface area contributed by atoms with Crippen molar-refractivity contribution in [2.45, 2.75) is 18.9 Å². The van der Waals surface area contributed by atoms with Gasteiger partial charge < -0.3 is 11.1 Å². The van der Waals surface area contributed by atoms with Gasteiger partial charge >= 0.3 is 0 Å². The van der Waals surface area contributed by atoms with Gasteiger partial charge in [-0.1, -0.05) is 23.7 Å². The Balaban J connectivity index is 2.18. The van der Waals surface area contributed by atoms with Crippen molar-refractivity contribution in [3.05, 3.63) is 64.7 Å². The van der Waals surface area contributed by atoms with E-state index in [0.29, 0.717) is 23.7 Å². The fraction of sp³-hybridized carbons (Fsp3) is 0.250. The van der Waals surface area contributed by atoms with E-state index in [0.717, 1.165) is 5.56 Å². The highest BCUT2D eigenvalue weighted by Gasteiger charge is 2.23. The first-order valence-corrected chi connectivity index (χ1v) is 6.97. The second-order valence-electron chi connectivity index (χ2n) is 5.35. The monoisotopic (exact) mass is 310 g/mol. The SMILES string of the molecule is CC(CN)(Cc1ccc(F)cc1)Nc1cc(F)cc(Cl)c1. The molecular weight excluding hydrogens is 294 g/mol. The van der Waals surface area contributed by atoms with Gasteiger partial charge in [0.25, 0.3) is 0 Å². The maximum absolute atomic E-state index is 13.4. The Bertz CT molecular complexity index is 596. The molecule has 0 aliphatic rings. The van der Waals surface area contributed by atoms with Crippen molar-refractivity contribution in [3.8, 4) is 0 Å². The summed E-state index contributed by atoms with van der Waals surface area (Å²) in [7, 11) is 0. The first-order valence-electron chi connectivity index (χ1n) is 6.59. The Hall–Kier alpha value is -1.65. The summed E-state index contributed by atoms with van der Waals surface area (Å²) in [6.07, 6.45) is 0.581. The summed E-state index contributed by atoms with van der Waals surface area (Å²) in [5.74, 6) is -0.691. The lowest BCUT2D eigenvalue weighted by molar-refractivity contribution is 0.519. The molecule has 1 atom stereocenters. The molecule has 0 spiro atoms. The van der Waals surface area contributed by atoms with Crippen LogP contribution >= 0.6 is 11.6 Å². The highest BCUT2D eigenvalue weighted by molar-refractivity contribution is 6.30. The van der Waals surface area contributed by atoms with Gasteiger partial charge in [0.2, 0.25) is 0 Å². The number of benzene rings is 2. The molecule has 2 aromatic rings. The smallest absolute Gasteiger partial charge is 0.126 e. The van der Waals surface area contributed by atoms with E-state index in [-0.39, 0.29) is 5.82 Å². The fourth-order valence-corrected chi connectivity index (χ4v) is 2.42. The number of nitrogens with one attached hydrogen (secondary N) is 1.